The lowest BCUT2D eigenvalue weighted by molar-refractivity contribution is -0.118. The molecule has 2 amide bonds. The van der Waals surface area contributed by atoms with Gasteiger partial charge in [-0.05, 0) is 37.1 Å². The normalized spacial score (nSPS) is 13.3. The SMILES string of the molecule is O=C(CSc1ccccc1C(=O)Nc1nnc(C2CC2)s1)NCc1ccco1. The van der Waals surface area contributed by atoms with Gasteiger partial charge in [-0.15, -0.1) is 22.0 Å². The van der Waals surface area contributed by atoms with E-state index in [1.165, 1.54) is 23.1 Å². The lowest BCUT2D eigenvalue weighted by atomic mass is 10.2. The monoisotopic (exact) mass is 414 g/mol. The fourth-order valence-electron chi connectivity index (χ4n) is 2.52. The molecule has 0 unspecified atom stereocenters. The van der Waals surface area contributed by atoms with E-state index in [2.05, 4.69) is 20.8 Å². The zero-order valence-electron chi connectivity index (χ0n) is 14.9. The van der Waals surface area contributed by atoms with Crippen LogP contribution in [-0.4, -0.2) is 27.8 Å². The van der Waals surface area contributed by atoms with Gasteiger partial charge in [0.1, 0.15) is 10.8 Å². The molecule has 2 aromatic heterocycles. The molecule has 2 N–H and O–H groups in total. The van der Waals surface area contributed by atoms with Gasteiger partial charge in [0.15, 0.2) is 0 Å². The van der Waals surface area contributed by atoms with Crippen molar-refractivity contribution in [3.05, 3.63) is 59.0 Å². The molecule has 1 aliphatic rings. The van der Waals surface area contributed by atoms with Crippen LogP contribution in [0.4, 0.5) is 5.13 Å². The molecule has 28 heavy (non-hydrogen) atoms. The molecule has 9 heteroatoms. The van der Waals surface area contributed by atoms with Gasteiger partial charge in [-0.1, -0.05) is 23.5 Å². The maximum atomic E-state index is 12.7. The lowest BCUT2D eigenvalue weighted by Crippen LogP contribution is -2.24. The van der Waals surface area contributed by atoms with Crippen molar-refractivity contribution in [2.75, 3.05) is 11.1 Å². The Morgan fingerprint density at radius 3 is 2.82 bits per heavy atom. The Kier molecular flexibility index (Phi) is 5.73. The highest BCUT2D eigenvalue weighted by molar-refractivity contribution is 8.00. The van der Waals surface area contributed by atoms with E-state index < -0.39 is 0 Å². The summed E-state index contributed by atoms with van der Waals surface area (Å²) in [4.78, 5) is 25.5. The van der Waals surface area contributed by atoms with Crippen molar-refractivity contribution in [2.24, 2.45) is 0 Å². The number of furan rings is 1. The predicted molar refractivity (Wildman–Crippen MR) is 108 cm³/mol. The minimum absolute atomic E-state index is 0.130. The van der Waals surface area contributed by atoms with Crippen molar-refractivity contribution in [3.63, 3.8) is 0 Å². The first-order valence-electron chi connectivity index (χ1n) is 8.84. The van der Waals surface area contributed by atoms with E-state index in [9.17, 15) is 9.59 Å². The Bertz CT molecular complexity index is 967. The van der Waals surface area contributed by atoms with Gasteiger partial charge in [0.2, 0.25) is 11.0 Å². The number of carbonyl (C=O) groups excluding carboxylic acids is 2. The van der Waals surface area contributed by atoms with Crippen LogP contribution in [-0.2, 0) is 11.3 Å². The second-order valence-corrected chi connectivity index (χ2v) is 8.34. The van der Waals surface area contributed by atoms with Crippen molar-refractivity contribution in [1.82, 2.24) is 15.5 Å². The summed E-state index contributed by atoms with van der Waals surface area (Å²) in [5.41, 5.74) is 0.509. The van der Waals surface area contributed by atoms with Crippen molar-refractivity contribution in [2.45, 2.75) is 30.2 Å². The fourth-order valence-corrected chi connectivity index (χ4v) is 4.31. The van der Waals surface area contributed by atoms with E-state index in [-0.39, 0.29) is 17.6 Å². The Morgan fingerprint density at radius 2 is 2.04 bits per heavy atom. The highest BCUT2D eigenvalue weighted by Gasteiger charge is 2.28. The Morgan fingerprint density at radius 1 is 1.18 bits per heavy atom. The molecule has 7 nitrogen and oxygen atoms in total. The van der Waals surface area contributed by atoms with E-state index in [0.717, 1.165) is 22.7 Å². The summed E-state index contributed by atoms with van der Waals surface area (Å²) in [6.07, 6.45) is 3.85. The minimum atomic E-state index is -0.252. The van der Waals surface area contributed by atoms with Gasteiger partial charge >= 0.3 is 0 Å². The number of nitrogens with zero attached hydrogens (tertiary/aromatic N) is 2. The number of hydrogen-bond acceptors (Lipinski definition) is 7. The Hall–Kier alpha value is -2.65. The highest BCUT2D eigenvalue weighted by atomic mass is 32.2. The molecular formula is C19H18N4O3S2. The molecule has 1 aliphatic carbocycles. The van der Waals surface area contributed by atoms with Gasteiger partial charge in [-0.2, -0.15) is 0 Å². The first-order valence-corrected chi connectivity index (χ1v) is 10.6. The van der Waals surface area contributed by atoms with Crippen LogP contribution >= 0.6 is 23.1 Å². The molecule has 0 atom stereocenters. The minimum Gasteiger partial charge on any atom is -0.467 e. The molecule has 0 saturated heterocycles. The quantitative estimate of drug-likeness (QED) is 0.546. The standard InChI is InChI=1S/C19H18N4O3S2/c24-16(20-10-13-4-3-9-26-13)11-27-15-6-2-1-5-14(15)17(25)21-19-23-22-18(28-19)12-7-8-12/h1-6,9,12H,7-8,10-11H2,(H,20,24)(H,21,23,25). The molecule has 3 aromatic rings. The summed E-state index contributed by atoms with van der Waals surface area (Å²) in [5, 5.41) is 15.3. The molecule has 0 spiro atoms. The van der Waals surface area contributed by atoms with Gasteiger partial charge in [0.25, 0.3) is 5.91 Å². The summed E-state index contributed by atoms with van der Waals surface area (Å²) in [6, 6.07) is 10.8. The molecule has 0 bridgehead atoms. The van der Waals surface area contributed by atoms with Crippen LogP contribution in [0.25, 0.3) is 0 Å². The molecule has 2 heterocycles. The van der Waals surface area contributed by atoms with E-state index in [1.807, 2.05) is 12.1 Å². The Labute approximate surface area is 169 Å². The zero-order valence-corrected chi connectivity index (χ0v) is 16.5. The number of thioether (sulfide) groups is 1. The van der Waals surface area contributed by atoms with E-state index in [0.29, 0.717) is 28.9 Å². The van der Waals surface area contributed by atoms with E-state index >= 15 is 0 Å². The van der Waals surface area contributed by atoms with Crippen LogP contribution in [0.2, 0.25) is 0 Å². The third kappa shape index (κ3) is 4.79. The third-order valence-corrected chi connectivity index (χ3v) is 6.19. The molecule has 0 radical (unpaired) electrons. The summed E-state index contributed by atoms with van der Waals surface area (Å²) in [5.74, 6) is 1.02. The zero-order chi connectivity index (χ0) is 19.3. The summed E-state index contributed by atoms with van der Waals surface area (Å²) in [6.45, 7) is 0.342. The molecule has 1 aromatic carbocycles. The molecule has 144 valence electrons. The summed E-state index contributed by atoms with van der Waals surface area (Å²) >= 11 is 2.74. The molecule has 4 rings (SSSR count). The largest absolute Gasteiger partial charge is 0.467 e. The van der Waals surface area contributed by atoms with Gasteiger partial charge in [-0.3, -0.25) is 14.9 Å². The van der Waals surface area contributed by atoms with Crippen LogP contribution in [0.5, 0.6) is 0 Å². The van der Waals surface area contributed by atoms with Gasteiger partial charge in [-0.25, -0.2) is 0 Å². The van der Waals surface area contributed by atoms with Gasteiger partial charge < -0.3 is 9.73 Å². The molecule has 1 fully saturated rings. The first kappa shape index (κ1) is 18.7. The third-order valence-electron chi connectivity index (χ3n) is 4.12. The molecule has 1 saturated carbocycles. The number of amides is 2. The molecular weight excluding hydrogens is 396 g/mol. The van der Waals surface area contributed by atoms with Crippen molar-refractivity contribution in [1.29, 1.82) is 0 Å². The second-order valence-electron chi connectivity index (χ2n) is 6.31. The number of rotatable bonds is 8. The average molecular weight is 415 g/mol. The maximum Gasteiger partial charge on any atom is 0.258 e. The summed E-state index contributed by atoms with van der Waals surface area (Å²) in [7, 11) is 0. The average Bonchev–Trinajstić information content (AvgIpc) is 3.23. The van der Waals surface area contributed by atoms with Crippen LogP contribution in [0.3, 0.4) is 0 Å². The number of anilines is 1. The smallest absolute Gasteiger partial charge is 0.258 e. The van der Waals surface area contributed by atoms with Crippen LogP contribution in [0, 0.1) is 0 Å². The van der Waals surface area contributed by atoms with Crippen LogP contribution < -0.4 is 10.6 Å². The topological polar surface area (TPSA) is 97.1 Å². The lowest BCUT2D eigenvalue weighted by Gasteiger charge is -2.08. The van der Waals surface area contributed by atoms with Crippen molar-refractivity contribution in [3.8, 4) is 0 Å². The Balaban J connectivity index is 1.34. The van der Waals surface area contributed by atoms with E-state index in [4.69, 9.17) is 4.42 Å². The second kappa shape index (κ2) is 8.57. The van der Waals surface area contributed by atoms with Gasteiger partial charge in [0.05, 0.1) is 24.1 Å². The number of benzene rings is 1. The van der Waals surface area contributed by atoms with Crippen molar-refractivity contribution >= 4 is 40.0 Å². The molecule has 0 aliphatic heterocycles. The predicted octanol–water partition coefficient (Wildman–Crippen LogP) is 3.67. The first-order chi connectivity index (χ1) is 13.7. The van der Waals surface area contributed by atoms with E-state index in [1.54, 1.807) is 30.5 Å². The van der Waals surface area contributed by atoms with Gasteiger partial charge in [0, 0.05) is 10.8 Å². The van der Waals surface area contributed by atoms with Crippen molar-refractivity contribution < 1.29 is 14.0 Å². The number of aromatic nitrogens is 2. The highest BCUT2D eigenvalue weighted by Crippen LogP contribution is 2.42. The number of nitrogens with one attached hydrogen (secondary N) is 2. The fraction of sp³-hybridized carbons (Fsp3) is 0.263. The maximum absolute atomic E-state index is 12.7. The van der Waals surface area contributed by atoms with Crippen LogP contribution in [0.15, 0.2) is 52.0 Å². The van der Waals surface area contributed by atoms with Crippen LogP contribution in [0.1, 0.15) is 39.9 Å². The number of carbonyl (C=O) groups is 2. The summed E-state index contributed by atoms with van der Waals surface area (Å²) < 4.78 is 5.19. The number of hydrogen-bond donors (Lipinski definition) is 2.